The van der Waals surface area contributed by atoms with Gasteiger partial charge in [0.2, 0.25) is 0 Å². The number of amides is 1. The van der Waals surface area contributed by atoms with E-state index >= 15 is 0 Å². The predicted octanol–water partition coefficient (Wildman–Crippen LogP) is 2.61. The first-order chi connectivity index (χ1) is 9.79. The topological polar surface area (TPSA) is 66.9 Å². The molecule has 1 aromatic heterocycles. The highest BCUT2D eigenvalue weighted by atomic mass is 16.1. The van der Waals surface area contributed by atoms with Crippen LogP contribution in [0, 0.1) is 5.92 Å². The summed E-state index contributed by atoms with van der Waals surface area (Å²) >= 11 is 0. The Morgan fingerprint density at radius 1 is 1.25 bits per heavy atom. The summed E-state index contributed by atoms with van der Waals surface area (Å²) < 4.78 is 0. The molecule has 1 aliphatic carbocycles. The van der Waals surface area contributed by atoms with Crippen LogP contribution in [-0.2, 0) is 0 Å². The van der Waals surface area contributed by atoms with E-state index in [1.54, 1.807) is 12.1 Å². The fourth-order valence-electron chi connectivity index (χ4n) is 2.58. The summed E-state index contributed by atoms with van der Waals surface area (Å²) in [6.45, 7) is 3.69. The van der Waals surface area contributed by atoms with E-state index < -0.39 is 0 Å². The smallest absolute Gasteiger partial charge is 0.271 e. The summed E-state index contributed by atoms with van der Waals surface area (Å²) in [4.78, 5) is 11.9. The molecule has 2 rings (SSSR count). The highest BCUT2D eigenvalue weighted by Gasteiger charge is 2.15. The van der Waals surface area contributed by atoms with Gasteiger partial charge >= 0.3 is 0 Å². The minimum Gasteiger partial charge on any atom is -0.369 e. The first-order valence-corrected chi connectivity index (χ1v) is 7.65. The zero-order valence-electron chi connectivity index (χ0n) is 12.2. The lowest BCUT2D eigenvalue weighted by Crippen LogP contribution is -2.26. The standard InChI is InChI=1S/C15H24N4O/c1-2-10-16-14-8-7-13(18-19-14)15(20)17-11-9-12-5-3-4-6-12/h7-8,12H,2-6,9-11H2,1H3,(H,16,19)(H,17,20). The molecule has 0 aromatic carbocycles. The van der Waals surface area contributed by atoms with Gasteiger partial charge in [0.05, 0.1) is 0 Å². The summed E-state index contributed by atoms with van der Waals surface area (Å²) in [5.74, 6) is 1.38. The number of aromatic nitrogens is 2. The van der Waals surface area contributed by atoms with Gasteiger partial charge in [-0.2, -0.15) is 0 Å². The van der Waals surface area contributed by atoms with Crippen LogP contribution in [0.1, 0.15) is 55.9 Å². The maximum Gasteiger partial charge on any atom is 0.271 e. The van der Waals surface area contributed by atoms with Crippen molar-refractivity contribution in [1.82, 2.24) is 15.5 Å². The van der Waals surface area contributed by atoms with Crippen molar-refractivity contribution in [3.63, 3.8) is 0 Å². The third-order valence-electron chi connectivity index (χ3n) is 3.77. The molecule has 5 nitrogen and oxygen atoms in total. The van der Waals surface area contributed by atoms with Crippen LogP contribution >= 0.6 is 0 Å². The third kappa shape index (κ3) is 4.47. The Kier molecular flexibility index (Phi) is 5.77. The number of anilines is 1. The number of carbonyl (C=O) groups is 1. The molecule has 1 heterocycles. The Morgan fingerprint density at radius 3 is 2.70 bits per heavy atom. The number of hydrogen-bond acceptors (Lipinski definition) is 4. The number of nitrogens with one attached hydrogen (secondary N) is 2. The molecule has 0 radical (unpaired) electrons. The molecule has 1 aromatic rings. The first kappa shape index (κ1) is 14.8. The molecule has 0 aliphatic heterocycles. The highest BCUT2D eigenvalue weighted by Crippen LogP contribution is 2.26. The van der Waals surface area contributed by atoms with Gasteiger partial charge in [-0.25, -0.2) is 0 Å². The summed E-state index contributed by atoms with van der Waals surface area (Å²) in [5.41, 5.74) is 0.387. The lowest BCUT2D eigenvalue weighted by molar-refractivity contribution is 0.0945. The molecule has 2 N–H and O–H groups in total. The summed E-state index contributed by atoms with van der Waals surface area (Å²) in [5, 5.41) is 14.0. The Bertz CT molecular complexity index is 412. The van der Waals surface area contributed by atoms with E-state index in [4.69, 9.17) is 0 Å². The second kappa shape index (κ2) is 7.82. The quantitative estimate of drug-likeness (QED) is 0.803. The monoisotopic (exact) mass is 276 g/mol. The van der Waals surface area contributed by atoms with Gasteiger partial charge in [0.15, 0.2) is 5.69 Å². The van der Waals surface area contributed by atoms with Crippen LogP contribution in [-0.4, -0.2) is 29.2 Å². The summed E-state index contributed by atoms with van der Waals surface area (Å²) in [6, 6.07) is 3.52. The number of hydrogen-bond donors (Lipinski definition) is 2. The van der Waals surface area contributed by atoms with Crippen LogP contribution in [0.5, 0.6) is 0 Å². The van der Waals surface area contributed by atoms with Gasteiger partial charge in [0.25, 0.3) is 5.91 Å². The SMILES string of the molecule is CCCNc1ccc(C(=O)NCCC2CCCC2)nn1. The van der Waals surface area contributed by atoms with Crippen LogP contribution in [0.2, 0.25) is 0 Å². The molecule has 1 amide bonds. The van der Waals surface area contributed by atoms with Gasteiger partial charge in [0, 0.05) is 13.1 Å². The van der Waals surface area contributed by atoms with Crippen LogP contribution in [0.4, 0.5) is 5.82 Å². The highest BCUT2D eigenvalue weighted by molar-refractivity contribution is 5.92. The Morgan fingerprint density at radius 2 is 2.05 bits per heavy atom. The molecule has 1 fully saturated rings. The normalized spacial score (nSPS) is 15.2. The molecule has 0 atom stereocenters. The Hall–Kier alpha value is -1.65. The van der Waals surface area contributed by atoms with Gasteiger partial charge in [-0.3, -0.25) is 4.79 Å². The number of nitrogens with zero attached hydrogens (tertiary/aromatic N) is 2. The van der Waals surface area contributed by atoms with Gasteiger partial charge in [-0.15, -0.1) is 10.2 Å². The molecule has 0 unspecified atom stereocenters. The van der Waals surface area contributed by atoms with Crippen molar-refractivity contribution in [3.05, 3.63) is 17.8 Å². The van der Waals surface area contributed by atoms with E-state index in [-0.39, 0.29) is 5.91 Å². The molecule has 110 valence electrons. The van der Waals surface area contributed by atoms with Crippen molar-refractivity contribution in [2.75, 3.05) is 18.4 Å². The van der Waals surface area contributed by atoms with Crippen molar-refractivity contribution < 1.29 is 4.79 Å². The van der Waals surface area contributed by atoms with E-state index in [0.717, 1.165) is 31.8 Å². The minimum atomic E-state index is -0.127. The van der Waals surface area contributed by atoms with Crippen molar-refractivity contribution >= 4 is 11.7 Å². The van der Waals surface area contributed by atoms with E-state index in [2.05, 4.69) is 27.8 Å². The minimum absolute atomic E-state index is 0.127. The van der Waals surface area contributed by atoms with Crippen LogP contribution in [0.3, 0.4) is 0 Å². The lowest BCUT2D eigenvalue weighted by Gasteiger charge is -2.09. The van der Waals surface area contributed by atoms with Gasteiger partial charge in [-0.05, 0) is 30.9 Å². The molecular weight excluding hydrogens is 252 g/mol. The maximum absolute atomic E-state index is 11.9. The average molecular weight is 276 g/mol. The van der Waals surface area contributed by atoms with Crippen molar-refractivity contribution in [2.45, 2.75) is 45.4 Å². The molecule has 1 saturated carbocycles. The molecule has 0 spiro atoms. The second-order valence-corrected chi connectivity index (χ2v) is 5.43. The van der Waals surface area contributed by atoms with Crippen molar-refractivity contribution in [3.8, 4) is 0 Å². The van der Waals surface area contributed by atoms with E-state index in [9.17, 15) is 4.79 Å². The molecular formula is C15H24N4O. The van der Waals surface area contributed by atoms with E-state index in [1.165, 1.54) is 25.7 Å². The van der Waals surface area contributed by atoms with Gasteiger partial charge in [0.1, 0.15) is 5.82 Å². The third-order valence-corrected chi connectivity index (χ3v) is 3.77. The fraction of sp³-hybridized carbons (Fsp3) is 0.667. The number of carbonyl (C=O) groups excluding carboxylic acids is 1. The number of rotatable bonds is 7. The Labute approximate surface area is 120 Å². The summed E-state index contributed by atoms with van der Waals surface area (Å²) in [7, 11) is 0. The zero-order chi connectivity index (χ0) is 14.2. The maximum atomic E-state index is 11.9. The lowest BCUT2D eigenvalue weighted by atomic mass is 10.0. The van der Waals surface area contributed by atoms with Crippen LogP contribution in [0.25, 0.3) is 0 Å². The van der Waals surface area contributed by atoms with Crippen LogP contribution < -0.4 is 10.6 Å². The average Bonchev–Trinajstić information content (AvgIpc) is 2.99. The second-order valence-electron chi connectivity index (χ2n) is 5.43. The van der Waals surface area contributed by atoms with Crippen molar-refractivity contribution in [2.24, 2.45) is 5.92 Å². The van der Waals surface area contributed by atoms with Gasteiger partial charge in [-0.1, -0.05) is 32.6 Å². The predicted molar refractivity (Wildman–Crippen MR) is 79.7 cm³/mol. The molecule has 1 aliphatic rings. The molecule has 20 heavy (non-hydrogen) atoms. The molecule has 0 saturated heterocycles. The van der Waals surface area contributed by atoms with E-state index in [0.29, 0.717) is 11.5 Å². The van der Waals surface area contributed by atoms with Crippen molar-refractivity contribution in [1.29, 1.82) is 0 Å². The largest absolute Gasteiger partial charge is 0.369 e. The molecule has 5 heteroatoms. The van der Waals surface area contributed by atoms with Gasteiger partial charge < -0.3 is 10.6 Å². The Balaban J connectivity index is 1.73. The molecule has 0 bridgehead atoms. The fourth-order valence-corrected chi connectivity index (χ4v) is 2.58. The first-order valence-electron chi connectivity index (χ1n) is 7.65. The van der Waals surface area contributed by atoms with E-state index in [1.807, 2.05) is 0 Å². The van der Waals surface area contributed by atoms with Crippen LogP contribution in [0.15, 0.2) is 12.1 Å². The summed E-state index contributed by atoms with van der Waals surface area (Å²) in [6.07, 6.45) is 7.42. The zero-order valence-corrected chi connectivity index (χ0v) is 12.2.